The van der Waals surface area contributed by atoms with Crippen LogP contribution in [-0.4, -0.2) is 42.5 Å². The Balaban J connectivity index is 1.59. The monoisotopic (exact) mass is 332 g/mol. The molecule has 1 aliphatic heterocycles. The van der Waals surface area contributed by atoms with Gasteiger partial charge in [0.25, 0.3) is 0 Å². The Morgan fingerprint density at radius 2 is 2.12 bits per heavy atom. The van der Waals surface area contributed by atoms with Gasteiger partial charge in [0.15, 0.2) is 5.82 Å². The molecule has 0 bridgehead atoms. The molecule has 1 aromatic rings. The Bertz CT molecular complexity index is 591. The van der Waals surface area contributed by atoms with Gasteiger partial charge >= 0.3 is 0 Å². The number of nitrogens with one attached hydrogen (secondary N) is 1. The van der Waals surface area contributed by atoms with Crippen LogP contribution in [0.1, 0.15) is 44.9 Å². The largest absolute Gasteiger partial charge is 0.481 e. The minimum absolute atomic E-state index is 0.0430. The number of hydrogen-bond donors (Lipinski definition) is 2. The average molecular weight is 332 g/mol. The van der Waals surface area contributed by atoms with Crippen LogP contribution in [-0.2, 0) is 0 Å². The van der Waals surface area contributed by atoms with Crippen LogP contribution in [0.4, 0.5) is 10.1 Å². The van der Waals surface area contributed by atoms with E-state index in [-0.39, 0.29) is 24.5 Å². The summed E-state index contributed by atoms with van der Waals surface area (Å²) in [6, 6.07) is 8.33. The number of ether oxygens (including phenoxy) is 1. The van der Waals surface area contributed by atoms with E-state index in [4.69, 9.17) is 9.84 Å². The maximum atomic E-state index is 14.3. The zero-order valence-electron chi connectivity index (χ0n) is 14.0. The molecule has 3 aliphatic rings. The maximum Gasteiger partial charge on any atom is 0.206 e. The van der Waals surface area contributed by atoms with Crippen molar-refractivity contribution in [1.82, 2.24) is 5.32 Å². The van der Waals surface area contributed by atoms with Crippen molar-refractivity contribution in [2.24, 2.45) is 0 Å². The van der Waals surface area contributed by atoms with Crippen molar-refractivity contribution >= 4 is 5.69 Å². The highest BCUT2D eigenvalue weighted by Gasteiger charge is 2.48. The lowest BCUT2D eigenvalue weighted by Gasteiger charge is -2.57. The predicted octanol–water partition coefficient (Wildman–Crippen LogP) is 2.44. The fraction of sp³-hybridized carbons (Fsp3) is 0.684. The summed E-state index contributed by atoms with van der Waals surface area (Å²) < 4.78 is 19.5. The first-order valence-electron chi connectivity index (χ1n) is 9.12. The standard InChI is InChI=1S/C19H25FN2O2/c20-15-12-14(6-7-18(15)24-11-10-23)22-13-19(8-3-9-19)21-16-4-1-2-5-17(16)22/h12,16-17,21,23H,1-5,8-11,13H2/t16-,17-/m0/s1. The second-order valence-corrected chi connectivity index (χ2v) is 7.39. The molecule has 0 unspecified atom stereocenters. The summed E-state index contributed by atoms with van der Waals surface area (Å²) in [5.74, 6) is -0.382. The smallest absolute Gasteiger partial charge is 0.206 e. The van der Waals surface area contributed by atoms with Crippen molar-refractivity contribution in [3.8, 4) is 5.75 Å². The van der Waals surface area contributed by atoms with Crippen molar-refractivity contribution in [3.63, 3.8) is 0 Å². The number of nitrogens with zero attached hydrogens (tertiary/aromatic N) is 1. The highest BCUT2D eigenvalue weighted by Crippen LogP contribution is 2.41. The summed E-state index contributed by atoms with van der Waals surface area (Å²) in [6.07, 6.45) is 8.54. The molecule has 130 valence electrons. The Labute approximate surface area is 143 Å². The van der Waals surface area contributed by atoms with Gasteiger partial charge in [-0.15, -0.1) is 0 Å². The van der Waals surface area contributed by atoms with E-state index in [9.17, 15) is 4.39 Å². The quantitative estimate of drug-likeness (QED) is 0.889. The molecule has 0 amide bonds. The van der Waals surface area contributed by atoms with Gasteiger partial charge in [0, 0.05) is 30.2 Å². The minimum atomic E-state index is -0.425. The molecule has 4 rings (SSSR count). The van der Waals surface area contributed by atoms with Crippen molar-refractivity contribution < 1.29 is 14.2 Å². The van der Waals surface area contributed by atoms with Crippen LogP contribution in [0.25, 0.3) is 0 Å². The molecule has 1 heterocycles. The number of fused-ring (bicyclic) bond motifs is 1. The Hall–Kier alpha value is -1.51. The molecule has 2 atom stereocenters. The third kappa shape index (κ3) is 2.82. The second kappa shape index (κ2) is 6.42. The maximum absolute atomic E-state index is 14.3. The average Bonchev–Trinajstić information content (AvgIpc) is 2.58. The Kier molecular flexibility index (Phi) is 4.28. The van der Waals surface area contributed by atoms with Gasteiger partial charge in [-0.2, -0.15) is 0 Å². The molecule has 0 aromatic heterocycles. The molecule has 0 radical (unpaired) electrons. The summed E-state index contributed by atoms with van der Waals surface area (Å²) >= 11 is 0. The topological polar surface area (TPSA) is 44.7 Å². The Morgan fingerprint density at radius 3 is 2.83 bits per heavy atom. The summed E-state index contributed by atoms with van der Waals surface area (Å²) in [6.45, 7) is 0.857. The number of aliphatic hydroxyl groups excluding tert-OH is 1. The molecule has 1 aromatic carbocycles. The first-order valence-corrected chi connectivity index (χ1v) is 9.12. The molecule has 2 saturated carbocycles. The normalized spacial score (nSPS) is 28.0. The zero-order valence-corrected chi connectivity index (χ0v) is 14.0. The molecular weight excluding hydrogens is 307 g/mol. The fourth-order valence-corrected chi connectivity index (χ4v) is 4.51. The molecule has 2 aliphatic carbocycles. The minimum Gasteiger partial charge on any atom is -0.481 e. The summed E-state index contributed by atoms with van der Waals surface area (Å²) in [5, 5.41) is 12.7. The predicted molar refractivity (Wildman–Crippen MR) is 89.8 cm³/mol. The lowest BCUT2D eigenvalue weighted by Crippen LogP contribution is -2.72. The SMILES string of the molecule is OCCOc1c#cc(N2CC3(CCC3)N[C@H]3CCCC[C@@H]32)cc1F. The van der Waals surface area contributed by atoms with E-state index < -0.39 is 5.82 Å². The third-order valence-corrected chi connectivity index (χ3v) is 5.84. The van der Waals surface area contributed by atoms with Crippen molar-refractivity contribution in [3.05, 3.63) is 24.0 Å². The van der Waals surface area contributed by atoms with Gasteiger partial charge in [0.05, 0.1) is 12.3 Å². The lowest BCUT2D eigenvalue weighted by atomic mass is 9.71. The van der Waals surface area contributed by atoms with Crippen LogP contribution in [0, 0.1) is 17.9 Å². The summed E-state index contributed by atoms with van der Waals surface area (Å²) in [7, 11) is 0. The fourth-order valence-electron chi connectivity index (χ4n) is 4.51. The van der Waals surface area contributed by atoms with Crippen molar-refractivity contribution in [2.45, 2.75) is 62.6 Å². The highest BCUT2D eigenvalue weighted by atomic mass is 19.1. The van der Waals surface area contributed by atoms with Gasteiger partial charge < -0.3 is 20.1 Å². The van der Waals surface area contributed by atoms with Gasteiger partial charge in [-0.05, 0) is 44.2 Å². The first-order chi connectivity index (χ1) is 11.7. The van der Waals surface area contributed by atoms with E-state index >= 15 is 0 Å². The third-order valence-electron chi connectivity index (χ3n) is 5.84. The van der Waals surface area contributed by atoms with E-state index in [0.29, 0.717) is 12.1 Å². The van der Waals surface area contributed by atoms with Gasteiger partial charge in [-0.25, -0.2) is 4.39 Å². The number of piperazine rings is 1. The summed E-state index contributed by atoms with van der Waals surface area (Å²) in [5.41, 5.74) is 0.989. The van der Waals surface area contributed by atoms with Crippen LogP contribution < -0.4 is 15.0 Å². The highest BCUT2D eigenvalue weighted by molar-refractivity contribution is 5.49. The first kappa shape index (κ1) is 16.0. The van der Waals surface area contributed by atoms with E-state index in [2.05, 4.69) is 22.3 Å². The molecule has 3 fully saturated rings. The van der Waals surface area contributed by atoms with Crippen LogP contribution >= 0.6 is 0 Å². The number of rotatable bonds is 4. The number of anilines is 1. The molecule has 24 heavy (non-hydrogen) atoms. The molecule has 1 saturated heterocycles. The number of hydrogen-bond acceptors (Lipinski definition) is 4. The number of aliphatic hydroxyl groups is 1. The van der Waals surface area contributed by atoms with Gasteiger partial charge in [-0.3, -0.25) is 0 Å². The van der Waals surface area contributed by atoms with Gasteiger partial charge in [0.2, 0.25) is 5.75 Å². The molecule has 2 N–H and O–H groups in total. The Morgan fingerprint density at radius 1 is 1.29 bits per heavy atom. The molecule has 1 spiro atoms. The molecular formula is C19H25FN2O2. The zero-order chi connectivity index (χ0) is 16.6. The summed E-state index contributed by atoms with van der Waals surface area (Å²) in [4.78, 5) is 2.36. The second-order valence-electron chi connectivity index (χ2n) is 7.39. The van der Waals surface area contributed by atoms with Crippen LogP contribution in [0.2, 0.25) is 0 Å². The lowest BCUT2D eigenvalue weighted by molar-refractivity contribution is 0.105. The molecule has 4 nitrogen and oxygen atoms in total. The van der Waals surface area contributed by atoms with Gasteiger partial charge in [-0.1, -0.05) is 12.8 Å². The van der Waals surface area contributed by atoms with E-state index in [1.54, 1.807) is 0 Å². The van der Waals surface area contributed by atoms with Crippen LogP contribution in [0.15, 0.2) is 6.07 Å². The van der Waals surface area contributed by atoms with E-state index in [0.717, 1.165) is 18.7 Å². The van der Waals surface area contributed by atoms with Gasteiger partial charge in [0.1, 0.15) is 6.61 Å². The van der Waals surface area contributed by atoms with E-state index in [1.807, 2.05) is 0 Å². The van der Waals surface area contributed by atoms with Crippen molar-refractivity contribution in [2.75, 3.05) is 24.7 Å². The molecule has 5 heteroatoms. The van der Waals surface area contributed by atoms with E-state index in [1.165, 1.54) is 44.6 Å². The van der Waals surface area contributed by atoms with Crippen LogP contribution in [0.3, 0.4) is 0 Å². The van der Waals surface area contributed by atoms with Crippen molar-refractivity contribution in [1.29, 1.82) is 0 Å². The number of halogens is 1. The van der Waals surface area contributed by atoms with Crippen LogP contribution in [0.5, 0.6) is 5.75 Å².